The van der Waals surface area contributed by atoms with Gasteiger partial charge in [-0.3, -0.25) is 14.5 Å². The molecule has 0 unspecified atom stereocenters. The van der Waals surface area contributed by atoms with Crippen LogP contribution in [0.1, 0.15) is 42.4 Å². The molecule has 2 heterocycles. The Balaban J connectivity index is 0.000000316. The Kier molecular flexibility index (Phi) is 10.4. The zero-order valence-electron chi connectivity index (χ0n) is 23.7. The predicted molar refractivity (Wildman–Crippen MR) is 152 cm³/mol. The van der Waals surface area contributed by atoms with Crippen molar-refractivity contribution in [3.05, 3.63) is 65.2 Å². The highest BCUT2D eigenvalue weighted by Crippen LogP contribution is 2.38. The number of piperidine rings is 1. The highest BCUT2D eigenvalue weighted by Gasteiger charge is 2.41. The van der Waals surface area contributed by atoms with E-state index in [0.29, 0.717) is 18.7 Å². The molecule has 1 aliphatic rings. The number of hydrogen-bond donors (Lipinski definition) is 5. The van der Waals surface area contributed by atoms with E-state index >= 15 is 0 Å². The van der Waals surface area contributed by atoms with E-state index in [4.69, 9.17) is 34.9 Å². The molecule has 1 fully saturated rings. The number of benzene rings is 2. The van der Waals surface area contributed by atoms with Crippen LogP contribution in [0.3, 0.4) is 0 Å². The fourth-order valence-corrected chi connectivity index (χ4v) is 4.93. The van der Waals surface area contributed by atoms with Crippen LogP contribution in [0.25, 0.3) is 10.9 Å². The molecule has 3 aromatic rings. The topological polar surface area (TPSA) is 187 Å². The van der Waals surface area contributed by atoms with Crippen LogP contribution in [0.4, 0.5) is 0 Å². The summed E-state index contributed by atoms with van der Waals surface area (Å²) in [7, 11) is 3.32. The van der Waals surface area contributed by atoms with Crippen molar-refractivity contribution >= 4 is 28.8 Å². The van der Waals surface area contributed by atoms with E-state index in [1.54, 1.807) is 14.2 Å². The highest BCUT2D eigenvalue weighted by atomic mass is 16.5. The summed E-state index contributed by atoms with van der Waals surface area (Å²) in [5.41, 5.74) is 0.500. The van der Waals surface area contributed by atoms with Crippen LogP contribution in [-0.2, 0) is 26.5 Å². The molecule has 4 rings (SSSR count). The average molecular weight is 585 g/mol. The molecule has 0 bridgehead atoms. The molecule has 0 amide bonds. The lowest BCUT2D eigenvalue weighted by Gasteiger charge is -2.39. The van der Waals surface area contributed by atoms with Gasteiger partial charge < -0.3 is 35.0 Å². The molecule has 5 N–H and O–H groups in total. The number of nitrogens with zero attached hydrogens (tertiary/aromatic N) is 2. The number of carbonyl (C=O) groups is 3. The summed E-state index contributed by atoms with van der Waals surface area (Å²) in [6, 6.07) is 16.2. The number of rotatable bonds is 10. The van der Waals surface area contributed by atoms with Gasteiger partial charge >= 0.3 is 17.9 Å². The number of ether oxygens (including phenoxy) is 2. The standard InChI is InChI=1S/C24H28N2O3.C6H8O7/c1-17-8-9-18-15-19(23(29-3)25-21(18)14-17)16-26-12-10-24(27,11-13-26)20-6-4-5-7-22(20)28-2;7-3(8)1-6(13,5(11)12)2-4(9)10/h4-9,14-15,27H,10-13,16H2,1-3H3;13H,1-2H2,(H,7,8)(H,9,10)(H,11,12). The molecule has 1 saturated heterocycles. The Morgan fingerprint density at radius 2 is 1.57 bits per heavy atom. The van der Waals surface area contributed by atoms with Gasteiger partial charge in [0.25, 0.3) is 0 Å². The number of likely N-dealkylation sites (tertiary alicyclic amines) is 1. The molecule has 1 aliphatic heterocycles. The second-order valence-electron chi connectivity index (χ2n) is 10.3. The van der Waals surface area contributed by atoms with Crippen molar-refractivity contribution in [3.8, 4) is 11.6 Å². The molecular formula is C30H36N2O10. The first-order chi connectivity index (χ1) is 19.8. The average Bonchev–Trinajstić information content (AvgIpc) is 2.93. The molecule has 0 aliphatic carbocycles. The number of methoxy groups -OCH3 is 2. The zero-order chi connectivity index (χ0) is 31.1. The Morgan fingerprint density at radius 3 is 2.12 bits per heavy atom. The van der Waals surface area contributed by atoms with E-state index < -0.39 is 42.0 Å². The summed E-state index contributed by atoms with van der Waals surface area (Å²) in [6.45, 7) is 4.41. The lowest BCUT2D eigenvalue weighted by Crippen LogP contribution is -2.42. The SMILES string of the molecule is COc1ccccc1C1(O)CCN(Cc2cc3ccc(C)cc3nc2OC)CC1.O=C(O)CC(O)(CC(=O)O)C(=O)O. The summed E-state index contributed by atoms with van der Waals surface area (Å²) in [5.74, 6) is -3.59. The fourth-order valence-electron chi connectivity index (χ4n) is 4.93. The van der Waals surface area contributed by atoms with E-state index in [0.717, 1.165) is 47.4 Å². The van der Waals surface area contributed by atoms with Gasteiger partial charge in [-0.2, -0.15) is 0 Å². The maximum Gasteiger partial charge on any atom is 0.336 e. The van der Waals surface area contributed by atoms with Crippen molar-refractivity contribution in [1.82, 2.24) is 9.88 Å². The molecular weight excluding hydrogens is 548 g/mol. The first-order valence-electron chi connectivity index (χ1n) is 13.2. The Bertz CT molecular complexity index is 1420. The monoisotopic (exact) mass is 584 g/mol. The largest absolute Gasteiger partial charge is 0.496 e. The Morgan fingerprint density at radius 1 is 0.952 bits per heavy atom. The molecule has 0 saturated carbocycles. The van der Waals surface area contributed by atoms with Gasteiger partial charge in [0, 0.05) is 36.1 Å². The minimum atomic E-state index is -2.74. The van der Waals surface area contributed by atoms with Crippen LogP contribution in [0.5, 0.6) is 11.6 Å². The van der Waals surface area contributed by atoms with Crippen molar-refractivity contribution < 1.29 is 49.4 Å². The van der Waals surface area contributed by atoms with Gasteiger partial charge in [-0.1, -0.05) is 30.3 Å². The number of aliphatic hydroxyl groups is 2. The van der Waals surface area contributed by atoms with Crippen LogP contribution < -0.4 is 9.47 Å². The highest BCUT2D eigenvalue weighted by molar-refractivity contribution is 5.88. The van der Waals surface area contributed by atoms with Crippen LogP contribution in [-0.4, -0.2) is 86.2 Å². The second-order valence-corrected chi connectivity index (χ2v) is 10.3. The van der Waals surface area contributed by atoms with Crippen molar-refractivity contribution in [2.45, 2.75) is 50.4 Å². The number of para-hydroxylation sites is 1. The summed E-state index contributed by atoms with van der Waals surface area (Å²) in [5, 5.41) is 46.2. The van der Waals surface area contributed by atoms with Crippen molar-refractivity contribution in [2.75, 3.05) is 27.3 Å². The van der Waals surface area contributed by atoms with E-state index in [1.165, 1.54) is 5.56 Å². The summed E-state index contributed by atoms with van der Waals surface area (Å²) < 4.78 is 11.0. The molecule has 226 valence electrons. The quantitative estimate of drug-likeness (QED) is 0.235. The molecule has 12 heteroatoms. The lowest BCUT2D eigenvalue weighted by atomic mass is 9.84. The number of carboxylic acid groups (broad SMARTS) is 3. The fraction of sp³-hybridized carbons (Fsp3) is 0.400. The van der Waals surface area contributed by atoms with Crippen LogP contribution >= 0.6 is 0 Å². The lowest BCUT2D eigenvalue weighted by molar-refractivity contribution is -0.170. The summed E-state index contributed by atoms with van der Waals surface area (Å²) in [4.78, 5) is 37.5. The minimum absolute atomic E-state index is 0.663. The third-order valence-electron chi connectivity index (χ3n) is 7.18. The number of aliphatic carboxylic acids is 3. The van der Waals surface area contributed by atoms with Gasteiger partial charge in [0.15, 0.2) is 5.60 Å². The smallest absolute Gasteiger partial charge is 0.336 e. The number of fused-ring (bicyclic) bond motifs is 1. The summed E-state index contributed by atoms with van der Waals surface area (Å²) in [6.07, 6.45) is -0.963. The summed E-state index contributed by atoms with van der Waals surface area (Å²) >= 11 is 0. The molecule has 2 aromatic carbocycles. The molecule has 42 heavy (non-hydrogen) atoms. The second kappa shape index (κ2) is 13.6. The van der Waals surface area contributed by atoms with Crippen molar-refractivity contribution in [2.24, 2.45) is 0 Å². The van der Waals surface area contributed by atoms with Crippen molar-refractivity contribution in [1.29, 1.82) is 0 Å². The minimum Gasteiger partial charge on any atom is -0.496 e. The third-order valence-corrected chi connectivity index (χ3v) is 7.18. The first-order valence-corrected chi connectivity index (χ1v) is 13.2. The van der Waals surface area contributed by atoms with E-state index in [9.17, 15) is 19.5 Å². The van der Waals surface area contributed by atoms with Crippen LogP contribution in [0, 0.1) is 6.92 Å². The van der Waals surface area contributed by atoms with E-state index in [-0.39, 0.29) is 0 Å². The number of pyridine rings is 1. The molecule has 1 aromatic heterocycles. The number of aryl methyl sites for hydroxylation is 1. The van der Waals surface area contributed by atoms with E-state index in [1.807, 2.05) is 24.3 Å². The van der Waals surface area contributed by atoms with Crippen LogP contribution in [0.15, 0.2) is 48.5 Å². The molecule has 12 nitrogen and oxygen atoms in total. The van der Waals surface area contributed by atoms with Gasteiger partial charge in [-0.05, 0) is 43.5 Å². The normalized spacial score (nSPS) is 14.9. The van der Waals surface area contributed by atoms with Gasteiger partial charge in [-0.15, -0.1) is 0 Å². The van der Waals surface area contributed by atoms with Gasteiger partial charge in [0.2, 0.25) is 5.88 Å². The number of aromatic nitrogens is 1. The molecule has 0 atom stereocenters. The number of hydrogen-bond acceptors (Lipinski definition) is 9. The zero-order valence-corrected chi connectivity index (χ0v) is 23.7. The number of carboxylic acids is 3. The maximum atomic E-state index is 11.3. The first kappa shape index (κ1) is 32.3. The maximum absolute atomic E-state index is 11.3. The molecule has 0 radical (unpaired) electrons. The van der Waals surface area contributed by atoms with E-state index in [2.05, 4.69) is 36.1 Å². The Hall–Kier alpha value is -4.26. The van der Waals surface area contributed by atoms with Crippen LogP contribution in [0.2, 0.25) is 0 Å². The van der Waals surface area contributed by atoms with Gasteiger partial charge in [-0.25, -0.2) is 9.78 Å². The Labute approximate surface area is 242 Å². The molecule has 0 spiro atoms. The third kappa shape index (κ3) is 7.93. The van der Waals surface area contributed by atoms with Gasteiger partial charge in [0.05, 0.1) is 38.2 Å². The predicted octanol–water partition coefficient (Wildman–Crippen LogP) is 2.80. The van der Waals surface area contributed by atoms with Gasteiger partial charge in [0.1, 0.15) is 5.75 Å². The van der Waals surface area contributed by atoms with Crippen molar-refractivity contribution in [3.63, 3.8) is 0 Å².